The van der Waals surface area contributed by atoms with E-state index in [1.54, 1.807) is 24.6 Å². The molecule has 3 aromatic rings. The van der Waals surface area contributed by atoms with Crippen molar-refractivity contribution in [3.8, 4) is 0 Å². The fourth-order valence-corrected chi connectivity index (χ4v) is 2.36. The van der Waals surface area contributed by atoms with Crippen molar-refractivity contribution in [3.63, 3.8) is 0 Å². The molecule has 3 aromatic heterocycles. The van der Waals surface area contributed by atoms with Crippen LogP contribution >= 0.6 is 0 Å². The van der Waals surface area contributed by atoms with E-state index in [0.717, 1.165) is 4.57 Å². The molecule has 0 aliphatic rings. The van der Waals surface area contributed by atoms with Crippen LogP contribution in [0.1, 0.15) is 12.7 Å². The van der Waals surface area contributed by atoms with E-state index in [1.165, 1.54) is 4.57 Å². The highest BCUT2D eigenvalue weighted by Gasteiger charge is 2.18. The Hall–Kier alpha value is -2.35. The first-order valence-corrected chi connectivity index (χ1v) is 6.70. The number of oxazole rings is 1. The van der Waals surface area contributed by atoms with E-state index in [2.05, 4.69) is 4.98 Å². The van der Waals surface area contributed by atoms with E-state index in [0.29, 0.717) is 36.0 Å². The van der Waals surface area contributed by atoms with Gasteiger partial charge in [-0.3, -0.25) is 18.3 Å². The van der Waals surface area contributed by atoms with Gasteiger partial charge in [0.25, 0.3) is 5.56 Å². The number of hydrogen-bond acceptors (Lipinski definition) is 5. The van der Waals surface area contributed by atoms with Crippen LogP contribution in [0.5, 0.6) is 0 Å². The van der Waals surface area contributed by atoms with Crippen LogP contribution in [-0.2, 0) is 18.3 Å². The molecule has 0 atom stereocenters. The third-order valence-electron chi connectivity index (χ3n) is 3.37. The standard InChI is InChI=1S/C13H16N4O4/c1-4-20-6-5-16-11(18)9-10(15(3)13(16)19)14-12-17(9)7-8(2)21-12/h7H,4-6H2,1-3H3. The van der Waals surface area contributed by atoms with E-state index in [4.69, 9.17) is 9.15 Å². The van der Waals surface area contributed by atoms with Crippen LogP contribution in [0.3, 0.4) is 0 Å². The lowest BCUT2D eigenvalue weighted by atomic mass is 10.5. The topological polar surface area (TPSA) is 83.7 Å². The van der Waals surface area contributed by atoms with Gasteiger partial charge in [0.15, 0.2) is 11.2 Å². The molecular weight excluding hydrogens is 276 g/mol. The van der Waals surface area contributed by atoms with Crippen LogP contribution in [0.15, 0.2) is 20.2 Å². The molecule has 8 heteroatoms. The van der Waals surface area contributed by atoms with Gasteiger partial charge in [0.1, 0.15) is 5.76 Å². The van der Waals surface area contributed by atoms with Crippen molar-refractivity contribution >= 4 is 17.0 Å². The number of imidazole rings is 1. The van der Waals surface area contributed by atoms with Crippen LogP contribution in [0.4, 0.5) is 0 Å². The van der Waals surface area contributed by atoms with Crippen LogP contribution in [0.25, 0.3) is 17.0 Å². The van der Waals surface area contributed by atoms with Crippen molar-refractivity contribution in [2.24, 2.45) is 7.05 Å². The molecule has 3 heterocycles. The molecule has 0 fully saturated rings. The second-order valence-electron chi connectivity index (χ2n) is 4.77. The highest BCUT2D eigenvalue weighted by molar-refractivity contribution is 5.74. The zero-order chi connectivity index (χ0) is 15.1. The minimum absolute atomic E-state index is 0.208. The third kappa shape index (κ3) is 1.99. The van der Waals surface area contributed by atoms with E-state index >= 15 is 0 Å². The zero-order valence-electron chi connectivity index (χ0n) is 12.1. The summed E-state index contributed by atoms with van der Waals surface area (Å²) in [6, 6.07) is 0. The Balaban J connectivity index is 2.30. The van der Waals surface area contributed by atoms with Crippen LogP contribution in [0.2, 0.25) is 0 Å². The molecule has 0 amide bonds. The Kier molecular flexibility index (Phi) is 3.17. The lowest BCUT2D eigenvalue weighted by molar-refractivity contribution is 0.137. The summed E-state index contributed by atoms with van der Waals surface area (Å²) in [6.07, 6.45) is 1.68. The van der Waals surface area contributed by atoms with E-state index in [1.807, 2.05) is 6.92 Å². The SMILES string of the molecule is CCOCCn1c(=O)c2c(nc3oc(C)cn32)n(C)c1=O. The maximum atomic E-state index is 12.6. The largest absolute Gasteiger partial charge is 0.428 e. The van der Waals surface area contributed by atoms with Gasteiger partial charge in [-0.05, 0) is 13.8 Å². The number of hydrogen-bond donors (Lipinski definition) is 0. The zero-order valence-corrected chi connectivity index (χ0v) is 12.1. The molecule has 0 N–H and O–H groups in total. The maximum Gasteiger partial charge on any atom is 0.332 e. The Morgan fingerprint density at radius 1 is 1.38 bits per heavy atom. The smallest absolute Gasteiger partial charge is 0.332 e. The second-order valence-corrected chi connectivity index (χ2v) is 4.77. The van der Waals surface area contributed by atoms with Crippen LogP contribution in [0, 0.1) is 6.92 Å². The first-order valence-electron chi connectivity index (χ1n) is 6.70. The monoisotopic (exact) mass is 292 g/mol. The lowest BCUT2D eigenvalue weighted by Crippen LogP contribution is -2.40. The maximum absolute atomic E-state index is 12.6. The number of aromatic nitrogens is 4. The highest BCUT2D eigenvalue weighted by Crippen LogP contribution is 2.14. The average molecular weight is 292 g/mol. The Morgan fingerprint density at radius 2 is 2.14 bits per heavy atom. The summed E-state index contributed by atoms with van der Waals surface area (Å²) in [4.78, 5) is 29.0. The van der Waals surface area contributed by atoms with Crippen molar-refractivity contribution in [1.29, 1.82) is 0 Å². The molecule has 0 bridgehead atoms. The summed E-state index contributed by atoms with van der Waals surface area (Å²) in [5, 5.41) is 0. The average Bonchev–Trinajstić information content (AvgIpc) is 2.96. The summed E-state index contributed by atoms with van der Waals surface area (Å²) in [7, 11) is 1.58. The minimum Gasteiger partial charge on any atom is -0.428 e. The first-order chi connectivity index (χ1) is 10.0. The van der Waals surface area contributed by atoms with Gasteiger partial charge in [0, 0.05) is 13.7 Å². The van der Waals surface area contributed by atoms with Gasteiger partial charge in [0.05, 0.1) is 19.3 Å². The molecule has 0 radical (unpaired) electrons. The van der Waals surface area contributed by atoms with Crippen molar-refractivity contribution in [2.75, 3.05) is 13.2 Å². The number of fused-ring (bicyclic) bond motifs is 3. The van der Waals surface area contributed by atoms with Gasteiger partial charge in [-0.1, -0.05) is 0 Å². The molecular formula is C13H16N4O4. The molecule has 8 nitrogen and oxygen atoms in total. The van der Waals surface area contributed by atoms with Crippen molar-refractivity contribution in [1.82, 2.24) is 18.5 Å². The molecule has 21 heavy (non-hydrogen) atoms. The normalized spacial score (nSPS) is 11.8. The van der Waals surface area contributed by atoms with Gasteiger partial charge in [0.2, 0.25) is 0 Å². The molecule has 0 aliphatic carbocycles. The quantitative estimate of drug-likeness (QED) is 0.645. The lowest BCUT2D eigenvalue weighted by Gasteiger charge is -2.07. The number of aryl methyl sites for hydroxylation is 2. The molecule has 0 saturated heterocycles. The van der Waals surface area contributed by atoms with E-state index in [-0.39, 0.29) is 12.1 Å². The third-order valence-corrected chi connectivity index (χ3v) is 3.37. The number of rotatable bonds is 4. The molecule has 0 spiro atoms. The Morgan fingerprint density at radius 3 is 2.86 bits per heavy atom. The van der Waals surface area contributed by atoms with Crippen LogP contribution < -0.4 is 11.2 Å². The summed E-state index contributed by atoms with van der Waals surface area (Å²) in [6.45, 7) is 4.69. The highest BCUT2D eigenvalue weighted by atomic mass is 16.5. The molecule has 0 aromatic carbocycles. The first kappa shape index (κ1) is 13.6. The fourth-order valence-electron chi connectivity index (χ4n) is 2.36. The predicted octanol–water partition coefficient (Wildman–Crippen LogP) is 0.286. The summed E-state index contributed by atoms with van der Waals surface area (Å²) < 4.78 is 14.7. The summed E-state index contributed by atoms with van der Waals surface area (Å²) in [5.74, 6) is 0.950. The van der Waals surface area contributed by atoms with Gasteiger partial charge >= 0.3 is 11.5 Å². The van der Waals surface area contributed by atoms with Crippen molar-refractivity contribution < 1.29 is 9.15 Å². The molecule has 0 unspecified atom stereocenters. The molecule has 0 aliphatic heterocycles. The van der Waals surface area contributed by atoms with Gasteiger partial charge in [-0.25, -0.2) is 4.79 Å². The predicted molar refractivity (Wildman–Crippen MR) is 75.7 cm³/mol. The van der Waals surface area contributed by atoms with Gasteiger partial charge in [-0.15, -0.1) is 0 Å². The van der Waals surface area contributed by atoms with Crippen molar-refractivity contribution in [3.05, 3.63) is 32.8 Å². The summed E-state index contributed by atoms with van der Waals surface area (Å²) >= 11 is 0. The number of nitrogens with zero attached hydrogens (tertiary/aromatic N) is 4. The molecule has 112 valence electrons. The summed E-state index contributed by atoms with van der Waals surface area (Å²) in [5.41, 5.74) is -0.150. The molecule has 0 saturated carbocycles. The van der Waals surface area contributed by atoms with E-state index < -0.39 is 5.69 Å². The van der Waals surface area contributed by atoms with Crippen molar-refractivity contribution in [2.45, 2.75) is 20.4 Å². The Labute approximate surface area is 119 Å². The molecule has 3 rings (SSSR count). The van der Waals surface area contributed by atoms with Gasteiger partial charge in [-0.2, -0.15) is 4.98 Å². The fraction of sp³-hybridized carbons (Fsp3) is 0.462. The Bertz CT molecular complexity index is 928. The van der Waals surface area contributed by atoms with E-state index in [9.17, 15) is 9.59 Å². The second kappa shape index (κ2) is 4.88. The van der Waals surface area contributed by atoms with Gasteiger partial charge < -0.3 is 9.15 Å². The number of ether oxygens (including phenoxy) is 1. The minimum atomic E-state index is -0.412. The van der Waals surface area contributed by atoms with Crippen LogP contribution in [-0.4, -0.2) is 31.7 Å².